The number of anilines is 3. The molecule has 43 heavy (non-hydrogen) atoms. The zero-order valence-corrected chi connectivity index (χ0v) is 24.8. The SMILES string of the molecule is CC(C)(C)OC(=O)NC1(C2=CC=C(c3c(-c4ccc(N)cc4)nc4n3-c3cccnc3Nc3ccccc3-4)CC2)CCC1. The van der Waals surface area contributed by atoms with Crippen LogP contribution < -0.4 is 16.4 Å². The maximum atomic E-state index is 12.8. The molecule has 0 bridgehead atoms. The summed E-state index contributed by atoms with van der Waals surface area (Å²) >= 11 is 0. The minimum atomic E-state index is -0.542. The second-order valence-electron chi connectivity index (χ2n) is 12.6. The average molecular weight is 573 g/mol. The summed E-state index contributed by atoms with van der Waals surface area (Å²) in [5.74, 6) is 1.63. The Bertz CT molecular complexity index is 1790. The first-order valence-electron chi connectivity index (χ1n) is 14.9. The normalized spacial score (nSPS) is 16.6. The van der Waals surface area contributed by atoms with E-state index in [2.05, 4.69) is 45.6 Å². The molecule has 2 aliphatic carbocycles. The van der Waals surface area contributed by atoms with Gasteiger partial charge >= 0.3 is 6.09 Å². The summed E-state index contributed by atoms with van der Waals surface area (Å²) in [5.41, 5.74) is 14.1. The van der Waals surface area contributed by atoms with Gasteiger partial charge in [0.2, 0.25) is 0 Å². The molecule has 0 atom stereocenters. The average Bonchev–Trinajstić information content (AvgIpc) is 3.29. The summed E-state index contributed by atoms with van der Waals surface area (Å²) < 4.78 is 7.87. The fraction of sp³-hybridized carbons (Fsp3) is 0.286. The molecular formula is C35H36N6O2. The lowest BCUT2D eigenvalue weighted by atomic mass is 9.68. The number of carbonyl (C=O) groups is 1. The van der Waals surface area contributed by atoms with E-state index in [0.717, 1.165) is 77.6 Å². The number of aromatic nitrogens is 3. The quantitative estimate of drug-likeness (QED) is 0.190. The highest BCUT2D eigenvalue weighted by molar-refractivity contribution is 5.90. The molecule has 8 nitrogen and oxygen atoms in total. The summed E-state index contributed by atoms with van der Waals surface area (Å²) in [6.07, 6.45) is 10.4. The van der Waals surface area contributed by atoms with Crippen LogP contribution in [-0.2, 0) is 4.74 Å². The molecule has 0 unspecified atom stereocenters. The van der Waals surface area contributed by atoms with Crippen LogP contribution in [0.15, 0.2) is 84.6 Å². The van der Waals surface area contributed by atoms with E-state index >= 15 is 0 Å². The number of nitrogens with one attached hydrogen (secondary N) is 2. The predicted molar refractivity (Wildman–Crippen MR) is 171 cm³/mol. The van der Waals surface area contributed by atoms with Crippen LogP contribution in [-0.4, -0.2) is 31.8 Å². The van der Waals surface area contributed by atoms with Gasteiger partial charge in [-0.1, -0.05) is 36.4 Å². The van der Waals surface area contributed by atoms with Gasteiger partial charge in [-0.25, -0.2) is 14.8 Å². The lowest BCUT2D eigenvalue weighted by Crippen LogP contribution is -2.56. The van der Waals surface area contributed by atoms with Crippen LogP contribution in [0, 0.1) is 0 Å². The number of pyridine rings is 1. The van der Waals surface area contributed by atoms with Crippen LogP contribution in [0.3, 0.4) is 0 Å². The first kappa shape index (κ1) is 27.0. The molecule has 0 radical (unpaired) electrons. The molecule has 4 aromatic rings. The number of carbonyl (C=O) groups excluding carboxylic acids is 1. The number of hydrogen-bond donors (Lipinski definition) is 3. The maximum absolute atomic E-state index is 12.8. The second kappa shape index (κ2) is 10.2. The standard InChI is InChI=1S/C35H36N6O2/c1-34(2,3)43-33(42)40-35(19-7-20-35)24-15-11-23(12-16-24)30-29(22-13-17-25(36)18-14-22)39-32-26-8-4-5-9-27(26)38-31-28(41(30)32)10-6-21-37-31/h4-6,8-11,13-15,17-18,21H,7,12,16,19-20,36H2,1-3H3,(H,37,38)(H,40,42). The van der Waals surface area contributed by atoms with Gasteiger partial charge in [0, 0.05) is 23.0 Å². The first-order chi connectivity index (χ1) is 20.7. The van der Waals surface area contributed by atoms with Crippen LogP contribution in [0.5, 0.6) is 0 Å². The van der Waals surface area contributed by atoms with Crippen LogP contribution in [0.25, 0.3) is 33.9 Å². The molecule has 1 fully saturated rings. The Labute approximate surface area is 251 Å². The molecule has 0 spiro atoms. The van der Waals surface area contributed by atoms with E-state index in [1.807, 2.05) is 69.4 Å². The number of para-hydroxylation sites is 1. The fourth-order valence-corrected chi connectivity index (χ4v) is 6.35. The largest absolute Gasteiger partial charge is 0.444 e. The number of nitrogen functional groups attached to an aromatic ring is 1. The number of rotatable bonds is 4. The van der Waals surface area contributed by atoms with Gasteiger partial charge in [0.05, 0.1) is 28.3 Å². The zero-order chi connectivity index (χ0) is 29.8. The number of allylic oxidation sites excluding steroid dienone is 3. The smallest absolute Gasteiger partial charge is 0.408 e. The van der Waals surface area contributed by atoms with Gasteiger partial charge in [-0.05, 0) is 100 Å². The molecule has 218 valence electrons. The lowest BCUT2D eigenvalue weighted by Gasteiger charge is -2.45. The Morgan fingerprint density at radius 1 is 1.02 bits per heavy atom. The molecular weight excluding hydrogens is 536 g/mol. The van der Waals surface area contributed by atoms with E-state index < -0.39 is 5.60 Å². The van der Waals surface area contributed by atoms with E-state index in [-0.39, 0.29) is 11.6 Å². The number of nitrogens with two attached hydrogens (primary N) is 1. The third kappa shape index (κ3) is 4.86. The number of nitrogens with zero attached hydrogens (tertiary/aromatic N) is 3. The van der Waals surface area contributed by atoms with Crippen molar-refractivity contribution >= 4 is 28.9 Å². The molecule has 7 rings (SSSR count). The number of ether oxygens (including phenoxy) is 1. The van der Waals surface area contributed by atoms with E-state index in [4.69, 9.17) is 20.4 Å². The number of fused-ring (bicyclic) bond motifs is 5. The van der Waals surface area contributed by atoms with E-state index in [0.29, 0.717) is 5.69 Å². The monoisotopic (exact) mass is 572 g/mol. The Hall–Kier alpha value is -4.85. The van der Waals surface area contributed by atoms with Crippen LogP contribution >= 0.6 is 0 Å². The summed E-state index contributed by atoms with van der Waals surface area (Å²) in [6.45, 7) is 5.68. The summed E-state index contributed by atoms with van der Waals surface area (Å²) in [5, 5.41) is 6.76. The van der Waals surface area contributed by atoms with Crippen molar-refractivity contribution in [3.8, 4) is 28.3 Å². The van der Waals surface area contributed by atoms with Crippen LogP contribution in [0.4, 0.5) is 22.0 Å². The van der Waals surface area contributed by atoms with Crippen molar-refractivity contribution in [1.82, 2.24) is 19.9 Å². The van der Waals surface area contributed by atoms with Crippen LogP contribution in [0.2, 0.25) is 0 Å². The minimum absolute atomic E-state index is 0.349. The molecule has 3 aliphatic rings. The maximum Gasteiger partial charge on any atom is 0.408 e. The number of benzene rings is 2. The highest BCUT2D eigenvalue weighted by Gasteiger charge is 2.43. The molecule has 8 heteroatoms. The number of imidazole rings is 1. The summed E-state index contributed by atoms with van der Waals surface area (Å²) in [4.78, 5) is 22.8. The van der Waals surface area contributed by atoms with Gasteiger partial charge in [-0.3, -0.25) is 4.57 Å². The van der Waals surface area contributed by atoms with Gasteiger partial charge in [0.25, 0.3) is 0 Å². The third-order valence-corrected chi connectivity index (χ3v) is 8.53. The Morgan fingerprint density at radius 2 is 1.81 bits per heavy atom. The van der Waals surface area contributed by atoms with Crippen molar-refractivity contribution in [3.05, 3.63) is 90.3 Å². The Balaban J connectivity index is 1.38. The first-order valence-corrected chi connectivity index (χ1v) is 14.9. The molecule has 3 heterocycles. The minimum Gasteiger partial charge on any atom is -0.444 e. The van der Waals surface area contributed by atoms with Gasteiger partial charge in [-0.2, -0.15) is 0 Å². The van der Waals surface area contributed by atoms with Gasteiger partial charge in [0.15, 0.2) is 5.82 Å². The van der Waals surface area contributed by atoms with Crippen molar-refractivity contribution < 1.29 is 9.53 Å². The van der Waals surface area contributed by atoms with E-state index in [1.54, 1.807) is 0 Å². The number of hydrogen-bond acceptors (Lipinski definition) is 6. The van der Waals surface area contributed by atoms with Gasteiger partial charge in [0.1, 0.15) is 11.4 Å². The predicted octanol–water partition coefficient (Wildman–Crippen LogP) is 7.79. The number of alkyl carbamates (subject to hydrolysis) is 1. The molecule has 1 amide bonds. The second-order valence-corrected chi connectivity index (χ2v) is 12.6. The highest BCUT2D eigenvalue weighted by atomic mass is 16.6. The third-order valence-electron chi connectivity index (χ3n) is 8.53. The Kier molecular flexibility index (Phi) is 6.38. The molecule has 2 aromatic carbocycles. The Morgan fingerprint density at radius 3 is 2.51 bits per heavy atom. The van der Waals surface area contributed by atoms with E-state index in [1.165, 1.54) is 11.1 Å². The molecule has 0 saturated heterocycles. The molecule has 2 aromatic heterocycles. The van der Waals surface area contributed by atoms with Gasteiger partial charge < -0.3 is 21.1 Å². The van der Waals surface area contributed by atoms with Crippen molar-refractivity contribution in [1.29, 1.82) is 0 Å². The van der Waals surface area contributed by atoms with Crippen molar-refractivity contribution in [2.75, 3.05) is 11.1 Å². The van der Waals surface area contributed by atoms with Crippen molar-refractivity contribution in [2.24, 2.45) is 0 Å². The van der Waals surface area contributed by atoms with Crippen LogP contribution in [0.1, 0.15) is 58.6 Å². The molecule has 4 N–H and O–H groups in total. The molecule has 1 saturated carbocycles. The highest BCUT2D eigenvalue weighted by Crippen LogP contribution is 2.47. The zero-order valence-electron chi connectivity index (χ0n) is 24.8. The summed E-state index contributed by atoms with van der Waals surface area (Å²) in [6, 6.07) is 20.2. The fourth-order valence-electron chi connectivity index (χ4n) is 6.35. The topological polar surface area (TPSA) is 107 Å². The van der Waals surface area contributed by atoms with Gasteiger partial charge in [-0.15, -0.1) is 0 Å². The van der Waals surface area contributed by atoms with E-state index in [9.17, 15) is 4.79 Å². The molecule has 1 aliphatic heterocycles. The number of amides is 1. The summed E-state index contributed by atoms with van der Waals surface area (Å²) in [7, 11) is 0. The van der Waals surface area contributed by atoms with Crippen molar-refractivity contribution in [3.63, 3.8) is 0 Å². The van der Waals surface area contributed by atoms with Crippen molar-refractivity contribution in [2.45, 2.75) is 64.0 Å². The lowest BCUT2D eigenvalue weighted by molar-refractivity contribution is 0.0419.